The highest BCUT2D eigenvalue weighted by Gasteiger charge is 2.17. The minimum atomic E-state index is 0.593. The van der Waals surface area contributed by atoms with E-state index in [-0.39, 0.29) is 0 Å². The predicted octanol–water partition coefficient (Wildman–Crippen LogP) is 3.46. The van der Waals surface area contributed by atoms with Crippen molar-refractivity contribution in [3.63, 3.8) is 0 Å². The van der Waals surface area contributed by atoms with Crippen LogP contribution < -0.4 is 10.1 Å². The van der Waals surface area contributed by atoms with Gasteiger partial charge in [-0.15, -0.1) is 11.3 Å². The van der Waals surface area contributed by atoms with Crippen molar-refractivity contribution in [2.75, 3.05) is 7.11 Å². The fourth-order valence-corrected chi connectivity index (χ4v) is 3.50. The van der Waals surface area contributed by atoms with Crippen LogP contribution in [0, 0.1) is 0 Å². The molecule has 1 N–H and O–H groups in total. The molecule has 18 heavy (non-hydrogen) atoms. The number of rotatable bonds is 2. The second kappa shape index (κ2) is 4.75. The number of thiophene rings is 1. The van der Waals surface area contributed by atoms with Gasteiger partial charge in [0.25, 0.3) is 0 Å². The van der Waals surface area contributed by atoms with E-state index in [1.165, 1.54) is 20.9 Å². The molecule has 1 aromatic heterocycles. The third kappa shape index (κ3) is 2.16. The predicted molar refractivity (Wildman–Crippen MR) is 76.3 cm³/mol. The van der Waals surface area contributed by atoms with Crippen molar-refractivity contribution in [1.29, 1.82) is 0 Å². The first-order valence-corrected chi connectivity index (χ1v) is 7.07. The average Bonchev–Trinajstić information content (AvgIpc) is 2.81. The summed E-state index contributed by atoms with van der Waals surface area (Å²) in [5.41, 5.74) is 2.79. The van der Waals surface area contributed by atoms with Crippen molar-refractivity contribution in [3.05, 3.63) is 40.8 Å². The fraction of sp³-hybridized carbons (Fsp3) is 0.333. The minimum Gasteiger partial charge on any atom is -0.497 e. The molecule has 0 bridgehead atoms. The van der Waals surface area contributed by atoms with Gasteiger partial charge in [0.05, 0.1) is 7.11 Å². The summed E-state index contributed by atoms with van der Waals surface area (Å²) >= 11 is 1.90. The van der Waals surface area contributed by atoms with E-state index in [9.17, 15) is 0 Å². The Hall–Kier alpha value is -1.32. The first-order chi connectivity index (χ1) is 8.76. The monoisotopic (exact) mass is 259 g/mol. The van der Waals surface area contributed by atoms with Crippen molar-refractivity contribution < 1.29 is 4.74 Å². The third-order valence-corrected chi connectivity index (χ3v) is 4.63. The van der Waals surface area contributed by atoms with Crippen molar-refractivity contribution in [1.82, 2.24) is 5.32 Å². The zero-order chi connectivity index (χ0) is 12.5. The van der Waals surface area contributed by atoms with Crippen LogP contribution in [0.2, 0.25) is 0 Å². The highest BCUT2D eigenvalue weighted by Crippen LogP contribution is 2.34. The standard InChI is InChI=1S/C15H17NOS/c1-10-7-12-8-14(18-15(12)9-16-10)11-3-5-13(17-2)6-4-11/h3-6,8,10,16H,7,9H2,1-2H3. The lowest BCUT2D eigenvalue weighted by molar-refractivity contribution is 0.415. The van der Waals surface area contributed by atoms with E-state index in [2.05, 4.69) is 30.4 Å². The molecule has 1 atom stereocenters. The number of methoxy groups -OCH3 is 1. The van der Waals surface area contributed by atoms with Gasteiger partial charge in [-0.3, -0.25) is 0 Å². The Bertz CT molecular complexity index is 544. The van der Waals surface area contributed by atoms with Crippen LogP contribution in [0.1, 0.15) is 17.4 Å². The molecule has 0 spiro atoms. The first kappa shape index (κ1) is 11.8. The summed E-state index contributed by atoms with van der Waals surface area (Å²) in [6.45, 7) is 3.25. The molecule has 0 radical (unpaired) electrons. The Labute approximate surface area is 112 Å². The Morgan fingerprint density at radius 3 is 2.78 bits per heavy atom. The van der Waals surface area contributed by atoms with Gasteiger partial charge in [-0.25, -0.2) is 0 Å². The Morgan fingerprint density at radius 1 is 1.28 bits per heavy atom. The van der Waals surface area contributed by atoms with Gasteiger partial charge in [0.15, 0.2) is 0 Å². The molecule has 1 unspecified atom stereocenters. The van der Waals surface area contributed by atoms with Gasteiger partial charge >= 0.3 is 0 Å². The maximum absolute atomic E-state index is 5.19. The van der Waals surface area contributed by atoms with Gasteiger partial charge in [0, 0.05) is 22.3 Å². The number of fused-ring (bicyclic) bond motifs is 1. The molecule has 0 aliphatic carbocycles. The van der Waals surface area contributed by atoms with Gasteiger partial charge in [-0.1, -0.05) is 0 Å². The van der Waals surface area contributed by atoms with Crippen molar-refractivity contribution in [2.45, 2.75) is 25.9 Å². The van der Waals surface area contributed by atoms with Crippen LogP contribution in [0.25, 0.3) is 10.4 Å². The second-order valence-electron chi connectivity index (χ2n) is 4.77. The van der Waals surface area contributed by atoms with Gasteiger partial charge in [0.1, 0.15) is 5.75 Å². The molecule has 2 aromatic rings. The highest BCUT2D eigenvalue weighted by atomic mass is 32.1. The van der Waals surface area contributed by atoms with Crippen molar-refractivity contribution in [2.24, 2.45) is 0 Å². The molecule has 3 rings (SSSR count). The Morgan fingerprint density at radius 2 is 2.06 bits per heavy atom. The van der Waals surface area contributed by atoms with E-state index in [0.717, 1.165) is 18.7 Å². The molecule has 3 heteroatoms. The van der Waals surface area contributed by atoms with Crippen LogP contribution in [0.3, 0.4) is 0 Å². The lowest BCUT2D eigenvalue weighted by atomic mass is 10.0. The van der Waals surface area contributed by atoms with Crippen molar-refractivity contribution in [3.8, 4) is 16.2 Å². The molecule has 2 nitrogen and oxygen atoms in total. The van der Waals surface area contributed by atoms with Crippen LogP contribution in [0.15, 0.2) is 30.3 Å². The van der Waals surface area contributed by atoms with Crippen LogP contribution in [0.5, 0.6) is 5.75 Å². The molecule has 0 saturated heterocycles. The normalized spacial score (nSPS) is 18.4. The number of nitrogens with one attached hydrogen (secondary N) is 1. The third-order valence-electron chi connectivity index (χ3n) is 3.41. The number of ether oxygens (including phenoxy) is 1. The lowest BCUT2D eigenvalue weighted by Gasteiger charge is -2.19. The Kier molecular flexibility index (Phi) is 3.10. The zero-order valence-corrected chi connectivity index (χ0v) is 11.5. The SMILES string of the molecule is COc1ccc(-c2cc3c(s2)CNC(C)C3)cc1. The van der Waals surface area contributed by atoms with E-state index >= 15 is 0 Å². The molecule has 0 fully saturated rings. The number of hydrogen-bond donors (Lipinski definition) is 1. The molecule has 0 amide bonds. The fourth-order valence-electron chi connectivity index (χ4n) is 2.36. The topological polar surface area (TPSA) is 21.3 Å². The average molecular weight is 259 g/mol. The molecular formula is C15H17NOS. The summed E-state index contributed by atoms with van der Waals surface area (Å²) in [5, 5.41) is 3.51. The van der Waals surface area contributed by atoms with Gasteiger partial charge < -0.3 is 10.1 Å². The molecule has 2 heterocycles. The van der Waals surface area contributed by atoms with Crippen LogP contribution in [-0.2, 0) is 13.0 Å². The second-order valence-corrected chi connectivity index (χ2v) is 5.91. The van der Waals surface area contributed by atoms with E-state index in [4.69, 9.17) is 4.74 Å². The first-order valence-electron chi connectivity index (χ1n) is 6.25. The largest absolute Gasteiger partial charge is 0.497 e. The van der Waals surface area contributed by atoms with Crippen LogP contribution in [0.4, 0.5) is 0 Å². The smallest absolute Gasteiger partial charge is 0.118 e. The summed E-state index contributed by atoms with van der Waals surface area (Å²) < 4.78 is 5.19. The zero-order valence-electron chi connectivity index (χ0n) is 10.7. The van der Waals surface area contributed by atoms with Gasteiger partial charge in [0.2, 0.25) is 0 Å². The molecule has 1 aromatic carbocycles. The van der Waals surface area contributed by atoms with E-state index in [0.29, 0.717) is 6.04 Å². The van der Waals surface area contributed by atoms with Crippen LogP contribution in [-0.4, -0.2) is 13.2 Å². The van der Waals surface area contributed by atoms with Crippen LogP contribution >= 0.6 is 11.3 Å². The summed E-state index contributed by atoms with van der Waals surface area (Å²) in [6, 6.07) is 11.2. The van der Waals surface area contributed by atoms with E-state index in [1.807, 2.05) is 23.5 Å². The molecule has 94 valence electrons. The van der Waals surface area contributed by atoms with E-state index in [1.54, 1.807) is 7.11 Å². The maximum atomic E-state index is 5.19. The quantitative estimate of drug-likeness (QED) is 0.892. The summed E-state index contributed by atoms with van der Waals surface area (Å²) in [5.74, 6) is 0.912. The summed E-state index contributed by atoms with van der Waals surface area (Å²) in [6.07, 6.45) is 1.14. The number of hydrogen-bond acceptors (Lipinski definition) is 3. The molecule has 0 saturated carbocycles. The highest BCUT2D eigenvalue weighted by molar-refractivity contribution is 7.15. The van der Waals surface area contributed by atoms with E-state index < -0.39 is 0 Å². The summed E-state index contributed by atoms with van der Waals surface area (Å²) in [4.78, 5) is 2.84. The molecule has 1 aliphatic heterocycles. The number of benzene rings is 1. The van der Waals surface area contributed by atoms with Crippen molar-refractivity contribution >= 4 is 11.3 Å². The summed E-state index contributed by atoms with van der Waals surface area (Å²) in [7, 11) is 1.70. The Balaban J connectivity index is 1.92. The van der Waals surface area contributed by atoms with Gasteiger partial charge in [-0.05, 0) is 54.8 Å². The minimum absolute atomic E-state index is 0.593. The molecular weight excluding hydrogens is 242 g/mol. The maximum Gasteiger partial charge on any atom is 0.118 e. The lowest BCUT2D eigenvalue weighted by Crippen LogP contribution is -2.31. The van der Waals surface area contributed by atoms with Gasteiger partial charge in [-0.2, -0.15) is 0 Å². The molecule has 1 aliphatic rings.